The van der Waals surface area contributed by atoms with Crippen LogP contribution in [-0.4, -0.2) is 54.2 Å². The molecule has 0 spiro atoms. The molecule has 5 nitrogen and oxygen atoms in total. The van der Waals surface area contributed by atoms with Gasteiger partial charge in [-0.25, -0.2) is 9.97 Å². The Morgan fingerprint density at radius 3 is 2.25 bits per heavy atom. The number of aliphatic hydroxyl groups excluding tert-OH is 1. The highest BCUT2D eigenvalue weighted by Gasteiger charge is 2.03. The number of rotatable bonds is 6. The summed E-state index contributed by atoms with van der Waals surface area (Å²) < 4.78 is 0. The van der Waals surface area contributed by atoms with Gasteiger partial charge in [0.25, 0.3) is 0 Å². The van der Waals surface area contributed by atoms with E-state index >= 15 is 0 Å². The first-order valence-electron chi connectivity index (χ1n) is 5.41. The smallest absolute Gasteiger partial charge is 0.224 e. The van der Waals surface area contributed by atoms with E-state index < -0.39 is 0 Å². The minimum Gasteiger partial charge on any atom is -0.392 e. The molecule has 0 aliphatic carbocycles. The molecule has 0 saturated heterocycles. The Labute approximate surface area is 96.7 Å². The van der Waals surface area contributed by atoms with Crippen LogP contribution in [0.1, 0.15) is 12.0 Å². The molecule has 0 bridgehead atoms. The van der Waals surface area contributed by atoms with Crippen LogP contribution >= 0.6 is 0 Å². The van der Waals surface area contributed by atoms with Gasteiger partial charge in [-0.15, -0.1) is 0 Å². The second kappa shape index (κ2) is 6.40. The Hall–Kier alpha value is -1.20. The van der Waals surface area contributed by atoms with E-state index in [1.165, 1.54) is 0 Å². The quantitative estimate of drug-likeness (QED) is 0.756. The van der Waals surface area contributed by atoms with Gasteiger partial charge in [-0.2, -0.15) is 0 Å². The molecule has 90 valence electrons. The van der Waals surface area contributed by atoms with Gasteiger partial charge in [-0.1, -0.05) is 0 Å². The number of nitrogens with zero attached hydrogens (tertiary/aromatic N) is 4. The molecule has 0 aliphatic heterocycles. The first-order chi connectivity index (χ1) is 7.63. The minimum absolute atomic E-state index is 0.00930. The zero-order valence-electron chi connectivity index (χ0n) is 10.2. The summed E-state index contributed by atoms with van der Waals surface area (Å²) in [4.78, 5) is 12.6. The third kappa shape index (κ3) is 4.12. The van der Waals surface area contributed by atoms with Crippen molar-refractivity contribution < 1.29 is 5.11 Å². The van der Waals surface area contributed by atoms with Crippen molar-refractivity contribution in [3.63, 3.8) is 0 Å². The zero-order chi connectivity index (χ0) is 12.0. The third-order valence-corrected chi connectivity index (χ3v) is 2.31. The molecule has 1 N–H and O–H groups in total. The first-order valence-corrected chi connectivity index (χ1v) is 5.41. The van der Waals surface area contributed by atoms with Crippen LogP contribution < -0.4 is 4.90 Å². The fourth-order valence-corrected chi connectivity index (χ4v) is 1.35. The summed E-state index contributed by atoms with van der Waals surface area (Å²) in [5.74, 6) is 0.705. The van der Waals surface area contributed by atoms with Gasteiger partial charge in [-0.05, 0) is 27.1 Å². The normalized spacial score (nSPS) is 10.8. The van der Waals surface area contributed by atoms with Crippen LogP contribution in [0.25, 0.3) is 0 Å². The topological polar surface area (TPSA) is 52.5 Å². The molecule has 0 amide bonds. The molecule has 5 heteroatoms. The zero-order valence-corrected chi connectivity index (χ0v) is 10.2. The number of aliphatic hydroxyl groups is 1. The molecule has 0 fully saturated rings. The van der Waals surface area contributed by atoms with Gasteiger partial charge in [0.15, 0.2) is 0 Å². The van der Waals surface area contributed by atoms with Gasteiger partial charge < -0.3 is 14.9 Å². The fourth-order valence-electron chi connectivity index (χ4n) is 1.35. The predicted octanol–water partition coefficient (Wildman–Crippen LogP) is 0.357. The largest absolute Gasteiger partial charge is 0.392 e. The highest BCUT2D eigenvalue weighted by atomic mass is 16.3. The average molecular weight is 224 g/mol. The lowest BCUT2D eigenvalue weighted by atomic mass is 10.3. The van der Waals surface area contributed by atoms with Crippen LogP contribution in [0.4, 0.5) is 5.95 Å². The highest BCUT2D eigenvalue weighted by molar-refractivity contribution is 5.27. The van der Waals surface area contributed by atoms with Gasteiger partial charge in [-0.3, -0.25) is 0 Å². The highest BCUT2D eigenvalue weighted by Crippen LogP contribution is 2.05. The molecule has 0 atom stereocenters. The van der Waals surface area contributed by atoms with Crippen molar-refractivity contribution in [2.24, 2.45) is 0 Å². The Kier molecular flexibility index (Phi) is 5.14. The third-order valence-electron chi connectivity index (χ3n) is 2.31. The summed E-state index contributed by atoms with van der Waals surface area (Å²) in [5.41, 5.74) is 0.741. The Morgan fingerprint density at radius 1 is 1.12 bits per heavy atom. The van der Waals surface area contributed by atoms with E-state index in [2.05, 4.69) is 29.0 Å². The van der Waals surface area contributed by atoms with Crippen LogP contribution in [0, 0.1) is 0 Å². The number of anilines is 1. The molecule has 1 aromatic heterocycles. The maximum Gasteiger partial charge on any atom is 0.224 e. The second-order valence-electron chi connectivity index (χ2n) is 4.13. The van der Waals surface area contributed by atoms with Crippen molar-refractivity contribution in [1.29, 1.82) is 0 Å². The van der Waals surface area contributed by atoms with Gasteiger partial charge in [0.05, 0.1) is 6.61 Å². The maximum atomic E-state index is 8.87. The van der Waals surface area contributed by atoms with Crippen molar-refractivity contribution in [2.75, 3.05) is 39.1 Å². The van der Waals surface area contributed by atoms with Gasteiger partial charge in [0, 0.05) is 31.5 Å². The lowest BCUT2D eigenvalue weighted by Crippen LogP contribution is -2.24. The lowest BCUT2D eigenvalue weighted by Gasteiger charge is -2.18. The average Bonchev–Trinajstić information content (AvgIpc) is 2.28. The molecule has 1 rings (SSSR count). The SMILES string of the molecule is CN(C)CCCN(C)c1ncc(CO)cn1. The molecular weight excluding hydrogens is 204 g/mol. The lowest BCUT2D eigenvalue weighted by molar-refractivity contribution is 0.281. The minimum atomic E-state index is -0.00930. The van der Waals surface area contributed by atoms with Crippen molar-refractivity contribution in [2.45, 2.75) is 13.0 Å². The molecule has 1 heterocycles. The summed E-state index contributed by atoms with van der Waals surface area (Å²) in [6.07, 6.45) is 4.39. The van der Waals surface area contributed by atoms with Crippen molar-refractivity contribution in [3.05, 3.63) is 18.0 Å². The van der Waals surface area contributed by atoms with E-state index in [4.69, 9.17) is 5.11 Å². The number of hydrogen-bond donors (Lipinski definition) is 1. The van der Waals surface area contributed by atoms with Crippen LogP contribution in [-0.2, 0) is 6.61 Å². The monoisotopic (exact) mass is 224 g/mol. The first kappa shape index (κ1) is 12.9. The van der Waals surface area contributed by atoms with E-state index in [1.807, 2.05) is 11.9 Å². The summed E-state index contributed by atoms with van der Waals surface area (Å²) in [6, 6.07) is 0. The molecular formula is C11H20N4O. The second-order valence-corrected chi connectivity index (χ2v) is 4.13. The Morgan fingerprint density at radius 2 is 1.75 bits per heavy atom. The molecule has 16 heavy (non-hydrogen) atoms. The van der Waals surface area contributed by atoms with E-state index in [1.54, 1.807) is 12.4 Å². The van der Waals surface area contributed by atoms with E-state index in [0.717, 1.165) is 25.1 Å². The fraction of sp³-hybridized carbons (Fsp3) is 0.636. The van der Waals surface area contributed by atoms with Crippen LogP contribution in [0.15, 0.2) is 12.4 Å². The molecule has 0 aliphatic rings. The Balaban J connectivity index is 2.43. The molecule has 0 unspecified atom stereocenters. The van der Waals surface area contributed by atoms with Gasteiger partial charge in [0.2, 0.25) is 5.95 Å². The van der Waals surface area contributed by atoms with Crippen LogP contribution in [0.2, 0.25) is 0 Å². The summed E-state index contributed by atoms with van der Waals surface area (Å²) in [7, 11) is 6.10. The van der Waals surface area contributed by atoms with Gasteiger partial charge in [0.1, 0.15) is 0 Å². The van der Waals surface area contributed by atoms with Crippen LogP contribution in [0.5, 0.6) is 0 Å². The van der Waals surface area contributed by atoms with E-state index in [9.17, 15) is 0 Å². The van der Waals surface area contributed by atoms with Crippen molar-refractivity contribution in [1.82, 2.24) is 14.9 Å². The van der Waals surface area contributed by atoms with Crippen LogP contribution in [0.3, 0.4) is 0 Å². The van der Waals surface area contributed by atoms with Gasteiger partial charge >= 0.3 is 0 Å². The maximum absolute atomic E-state index is 8.87. The van der Waals surface area contributed by atoms with Crippen molar-refractivity contribution >= 4 is 5.95 Å². The number of hydrogen-bond acceptors (Lipinski definition) is 5. The van der Waals surface area contributed by atoms with E-state index in [-0.39, 0.29) is 6.61 Å². The molecule has 0 radical (unpaired) electrons. The molecule has 0 saturated carbocycles. The summed E-state index contributed by atoms with van der Waals surface area (Å²) >= 11 is 0. The molecule has 1 aromatic rings. The van der Waals surface area contributed by atoms with E-state index in [0.29, 0.717) is 5.95 Å². The Bertz CT molecular complexity index is 299. The summed E-state index contributed by atoms with van der Waals surface area (Å²) in [5, 5.41) is 8.87. The van der Waals surface area contributed by atoms with Crippen molar-refractivity contribution in [3.8, 4) is 0 Å². The number of aromatic nitrogens is 2. The standard InChI is InChI=1S/C11H20N4O/c1-14(2)5-4-6-15(3)11-12-7-10(9-16)8-13-11/h7-8,16H,4-6,9H2,1-3H3. The summed E-state index contributed by atoms with van der Waals surface area (Å²) in [6.45, 7) is 1.97. The molecule has 0 aromatic carbocycles. The predicted molar refractivity (Wildman–Crippen MR) is 64.4 cm³/mol.